The lowest BCUT2D eigenvalue weighted by Crippen LogP contribution is -2.31. The van der Waals surface area contributed by atoms with Gasteiger partial charge in [-0.3, -0.25) is 4.72 Å². The minimum absolute atomic E-state index is 0.0617. The standard InChI is InChI=1S/C7H13N3O3S/c1-5-3-7(9-13-5)10-14(11,12)6(2)4-8/h3,6H,4,8H2,1-2H3,(H,9,10). The van der Waals surface area contributed by atoms with E-state index in [2.05, 4.69) is 9.88 Å². The number of aromatic nitrogens is 1. The smallest absolute Gasteiger partial charge is 0.237 e. The zero-order chi connectivity index (χ0) is 10.8. The van der Waals surface area contributed by atoms with Gasteiger partial charge < -0.3 is 10.3 Å². The number of sulfonamides is 1. The van der Waals surface area contributed by atoms with Crippen LogP contribution in [-0.2, 0) is 10.0 Å². The van der Waals surface area contributed by atoms with Gasteiger partial charge in [0.2, 0.25) is 10.0 Å². The monoisotopic (exact) mass is 219 g/mol. The van der Waals surface area contributed by atoms with Crippen LogP contribution < -0.4 is 10.5 Å². The second kappa shape index (κ2) is 3.97. The maximum absolute atomic E-state index is 11.5. The van der Waals surface area contributed by atoms with Crippen LogP contribution in [0.1, 0.15) is 12.7 Å². The summed E-state index contributed by atoms with van der Waals surface area (Å²) in [6, 6.07) is 1.50. The van der Waals surface area contributed by atoms with Gasteiger partial charge in [-0.25, -0.2) is 8.42 Å². The molecule has 0 aliphatic carbocycles. The van der Waals surface area contributed by atoms with E-state index in [-0.39, 0.29) is 12.4 Å². The number of rotatable bonds is 4. The first-order chi connectivity index (χ1) is 6.45. The zero-order valence-corrected chi connectivity index (χ0v) is 8.84. The van der Waals surface area contributed by atoms with Crippen LogP contribution in [0, 0.1) is 6.92 Å². The van der Waals surface area contributed by atoms with Gasteiger partial charge in [-0.2, -0.15) is 0 Å². The summed E-state index contributed by atoms with van der Waals surface area (Å²) in [5.41, 5.74) is 5.25. The average molecular weight is 219 g/mol. The molecule has 80 valence electrons. The largest absolute Gasteiger partial charge is 0.360 e. The fourth-order valence-electron chi connectivity index (χ4n) is 0.788. The average Bonchev–Trinajstić information content (AvgIpc) is 2.48. The Morgan fingerprint density at radius 1 is 1.71 bits per heavy atom. The molecule has 0 saturated heterocycles. The van der Waals surface area contributed by atoms with E-state index in [1.165, 1.54) is 13.0 Å². The minimum Gasteiger partial charge on any atom is -0.360 e. The van der Waals surface area contributed by atoms with Crippen LogP contribution in [0.15, 0.2) is 10.6 Å². The fraction of sp³-hybridized carbons (Fsp3) is 0.571. The topological polar surface area (TPSA) is 98.2 Å². The van der Waals surface area contributed by atoms with Crippen molar-refractivity contribution in [2.24, 2.45) is 5.73 Å². The third-order valence-electron chi connectivity index (χ3n) is 1.74. The summed E-state index contributed by atoms with van der Waals surface area (Å²) in [5.74, 6) is 0.728. The lowest BCUT2D eigenvalue weighted by Gasteiger charge is -2.09. The van der Waals surface area contributed by atoms with Gasteiger partial charge in [-0.05, 0) is 13.8 Å². The van der Waals surface area contributed by atoms with Crippen LogP contribution >= 0.6 is 0 Å². The molecule has 0 radical (unpaired) electrons. The third kappa shape index (κ3) is 2.46. The second-order valence-corrected chi connectivity index (χ2v) is 5.12. The molecular formula is C7H13N3O3S. The Labute approximate surface area is 82.5 Å². The summed E-state index contributed by atoms with van der Waals surface area (Å²) in [7, 11) is -3.45. The van der Waals surface area contributed by atoms with E-state index in [0.29, 0.717) is 5.76 Å². The van der Waals surface area contributed by atoms with E-state index >= 15 is 0 Å². The van der Waals surface area contributed by atoms with Crippen LogP contribution in [0.25, 0.3) is 0 Å². The Bertz CT molecular complexity index is 398. The molecule has 0 spiro atoms. The Balaban J connectivity index is 2.78. The van der Waals surface area contributed by atoms with E-state index in [1.807, 2.05) is 0 Å². The maximum Gasteiger partial charge on any atom is 0.237 e. The normalized spacial score (nSPS) is 13.9. The van der Waals surface area contributed by atoms with Crippen molar-refractivity contribution >= 4 is 15.8 Å². The number of hydrogen-bond acceptors (Lipinski definition) is 5. The Morgan fingerprint density at radius 2 is 2.36 bits per heavy atom. The SMILES string of the molecule is Cc1cc(NS(=O)(=O)C(C)CN)no1. The summed E-state index contributed by atoms with van der Waals surface area (Å²) < 4.78 is 29.9. The first-order valence-electron chi connectivity index (χ1n) is 4.10. The highest BCUT2D eigenvalue weighted by Crippen LogP contribution is 2.11. The molecule has 1 aromatic rings. The lowest BCUT2D eigenvalue weighted by molar-refractivity contribution is 0.400. The molecule has 0 saturated carbocycles. The predicted molar refractivity (Wildman–Crippen MR) is 52.3 cm³/mol. The molecule has 0 bridgehead atoms. The van der Waals surface area contributed by atoms with E-state index in [9.17, 15) is 8.42 Å². The Kier molecular flexibility index (Phi) is 3.12. The third-order valence-corrected chi connectivity index (χ3v) is 3.48. The first-order valence-corrected chi connectivity index (χ1v) is 5.65. The number of nitrogens with one attached hydrogen (secondary N) is 1. The first kappa shape index (κ1) is 11.0. The van der Waals surface area contributed by atoms with Gasteiger partial charge in [0.05, 0.1) is 5.25 Å². The van der Waals surface area contributed by atoms with Gasteiger partial charge in [-0.1, -0.05) is 5.16 Å². The van der Waals surface area contributed by atoms with Crippen molar-refractivity contribution in [3.05, 3.63) is 11.8 Å². The molecule has 1 rings (SSSR count). The summed E-state index contributed by atoms with van der Waals surface area (Å²) in [6.07, 6.45) is 0. The van der Waals surface area contributed by atoms with Crippen LogP contribution in [-0.4, -0.2) is 25.4 Å². The van der Waals surface area contributed by atoms with Crippen molar-refractivity contribution in [2.75, 3.05) is 11.3 Å². The molecule has 14 heavy (non-hydrogen) atoms. The van der Waals surface area contributed by atoms with Crippen LogP contribution in [0.4, 0.5) is 5.82 Å². The molecule has 6 nitrogen and oxygen atoms in total. The van der Waals surface area contributed by atoms with Crippen LogP contribution in [0.5, 0.6) is 0 Å². The molecule has 0 amide bonds. The number of aryl methyl sites for hydroxylation is 1. The highest BCUT2D eigenvalue weighted by atomic mass is 32.2. The van der Waals surface area contributed by atoms with Gasteiger partial charge in [0.15, 0.2) is 5.82 Å². The number of anilines is 1. The van der Waals surface area contributed by atoms with E-state index < -0.39 is 15.3 Å². The van der Waals surface area contributed by atoms with Crippen molar-refractivity contribution in [3.63, 3.8) is 0 Å². The van der Waals surface area contributed by atoms with Crippen molar-refractivity contribution < 1.29 is 12.9 Å². The highest BCUT2D eigenvalue weighted by molar-refractivity contribution is 7.93. The molecule has 0 aliphatic rings. The Hall–Kier alpha value is -1.08. The zero-order valence-electron chi connectivity index (χ0n) is 8.02. The van der Waals surface area contributed by atoms with Gasteiger partial charge in [0.1, 0.15) is 5.76 Å². The van der Waals surface area contributed by atoms with Gasteiger partial charge in [-0.15, -0.1) is 0 Å². The molecule has 0 aromatic carbocycles. The van der Waals surface area contributed by atoms with Gasteiger partial charge >= 0.3 is 0 Å². The molecule has 0 aliphatic heterocycles. The molecular weight excluding hydrogens is 206 g/mol. The molecule has 3 N–H and O–H groups in total. The minimum atomic E-state index is -3.45. The van der Waals surface area contributed by atoms with Crippen molar-refractivity contribution in [1.29, 1.82) is 0 Å². The van der Waals surface area contributed by atoms with Crippen LogP contribution in [0.3, 0.4) is 0 Å². The van der Waals surface area contributed by atoms with E-state index in [0.717, 1.165) is 0 Å². The quantitative estimate of drug-likeness (QED) is 0.746. The number of hydrogen-bond donors (Lipinski definition) is 2. The van der Waals surface area contributed by atoms with Gasteiger partial charge in [0.25, 0.3) is 0 Å². The lowest BCUT2D eigenvalue weighted by atomic mass is 10.5. The summed E-state index contributed by atoms with van der Waals surface area (Å²) in [6.45, 7) is 3.26. The second-order valence-electron chi connectivity index (χ2n) is 3.02. The van der Waals surface area contributed by atoms with Crippen molar-refractivity contribution in [1.82, 2.24) is 5.16 Å². The summed E-state index contributed by atoms with van der Waals surface area (Å²) in [4.78, 5) is 0. The molecule has 7 heteroatoms. The fourth-order valence-corrected chi connectivity index (χ4v) is 1.63. The van der Waals surface area contributed by atoms with Crippen molar-refractivity contribution in [2.45, 2.75) is 19.1 Å². The highest BCUT2D eigenvalue weighted by Gasteiger charge is 2.20. The Morgan fingerprint density at radius 3 is 2.79 bits per heavy atom. The molecule has 1 atom stereocenters. The molecule has 0 fully saturated rings. The summed E-state index contributed by atoms with van der Waals surface area (Å²) >= 11 is 0. The number of nitrogens with two attached hydrogens (primary N) is 1. The predicted octanol–water partition coefficient (Wildman–Crippen LogP) is 0.0719. The van der Waals surface area contributed by atoms with Gasteiger partial charge in [0, 0.05) is 12.6 Å². The van der Waals surface area contributed by atoms with Crippen LogP contribution in [0.2, 0.25) is 0 Å². The van der Waals surface area contributed by atoms with Crippen molar-refractivity contribution in [3.8, 4) is 0 Å². The summed E-state index contributed by atoms with van der Waals surface area (Å²) in [5, 5.41) is 2.86. The van der Waals surface area contributed by atoms with E-state index in [1.54, 1.807) is 6.92 Å². The molecule has 1 unspecified atom stereocenters. The maximum atomic E-state index is 11.5. The molecule has 1 heterocycles. The van der Waals surface area contributed by atoms with E-state index in [4.69, 9.17) is 10.3 Å². The molecule has 1 aromatic heterocycles. The number of nitrogens with zero attached hydrogens (tertiary/aromatic N) is 1.